The Morgan fingerprint density at radius 1 is 0.911 bits per heavy atom. The molecule has 9 nitrogen and oxygen atoms in total. The Bertz CT molecular complexity index is 1830. The van der Waals surface area contributed by atoms with Gasteiger partial charge in [0.25, 0.3) is 0 Å². The number of fused-ring (bicyclic) bond motifs is 2. The van der Waals surface area contributed by atoms with E-state index in [4.69, 9.17) is 9.84 Å². The number of pyridine rings is 1. The fourth-order valence-corrected chi connectivity index (χ4v) is 6.64. The Morgan fingerprint density at radius 2 is 1.67 bits per heavy atom. The molecule has 0 aliphatic heterocycles. The van der Waals surface area contributed by atoms with Gasteiger partial charge in [-0.2, -0.15) is 5.10 Å². The summed E-state index contributed by atoms with van der Waals surface area (Å²) in [6, 6.07) is 21.9. The molecule has 1 fully saturated rings. The minimum Gasteiger partial charge on any atom is -0.484 e. The average molecular weight is 604 g/mol. The average Bonchev–Trinajstić information content (AvgIpc) is 3.79. The molecule has 0 bridgehead atoms. The normalized spacial score (nSPS) is 18.6. The molecule has 2 amide bonds. The number of amides is 2. The number of carbonyl (C=O) groups excluding carboxylic acids is 1. The SMILES string of the molecule is Cc1ccc(-n2nc(C(C)(C)C)cc2NC(=O)N[C@H]2CC[C@@H](Oc3ccc4nnc(C5CCCC5)n4c3)c3ccccc32)cc1. The Kier molecular flexibility index (Phi) is 7.55. The van der Waals surface area contributed by atoms with Gasteiger partial charge >= 0.3 is 6.03 Å². The molecule has 45 heavy (non-hydrogen) atoms. The van der Waals surface area contributed by atoms with E-state index in [1.807, 2.05) is 65.5 Å². The van der Waals surface area contributed by atoms with Crippen molar-refractivity contribution in [2.75, 3.05) is 5.32 Å². The van der Waals surface area contributed by atoms with Crippen LogP contribution in [0.15, 0.2) is 72.9 Å². The van der Waals surface area contributed by atoms with Crippen LogP contribution in [0.5, 0.6) is 5.75 Å². The monoisotopic (exact) mass is 603 g/mol. The molecule has 3 heterocycles. The summed E-state index contributed by atoms with van der Waals surface area (Å²) < 4.78 is 10.5. The zero-order chi connectivity index (χ0) is 31.1. The first kappa shape index (κ1) is 29.1. The van der Waals surface area contributed by atoms with Crippen LogP contribution in [0.25, 0.3) is 11.3 Å². The number of hydrogen-bond donors (Lipinski definition) is 2. The Labute approximate surface area is 264 Å². The summed E-state index contributed by atoms with van der Waals surface area (Å²) >= 11 is 0. The third kappa shape index (κ3) is 5.91. The van der Waals surface area contributed by atoms with Gasteiger partial charge in [-0.25, -0.2) is 9.48 Å². The summed E-state index contributed by atoms with van der Waals surface area (Å²) in [6.45, 7) is 8.42. The van der Waals surface area contributed by atoms with Gasteiger partial charge in [-0.1, -0.05) is 75.6 Å². The van der Waals surface area contributed by atoms with Crippen molar-refractivity contribution in [1.29, 1.82) is 0 Å². The van der Waals surface area contributed by atoms with Gasteiger partial charge in [-0.15, -0.1) is 10.2 Å². The smallest absolute Gasteiger partial charge is 0.320 e. The van der Waals surface area contributed by atoms with Crippen molar-refractivity contribution in [3.8, 4) is 11.4 Å². The van der Waals surface area contributed by atoms with Crippen molar-refractivity contribution in [1.82, 2.24) is 29.7 Å². The molecule has 5 aromatic rings. The summed E-state index contributed by atoms with van der Waals surface area (Å²) in [5, 5.41) is 20.1. The Morgan fingerprint density at radius 3 is 2.42 bits per heavy atom. The van der Waals surface area contributed by atoms with E-state index in [1.54, 1.807) is 0 Å². The van der Waals surface area contributed by atoms with Gasteiger partial charge < -0.3 is 10.1 Å². The van der Waals surface area contributed by atoms with Gasteiger partial charge in [0.05, 0.1) is 23.6 Å². The number of nitrogens with one attached hydrogen (secondary N) is 2. The van der Waals surface area contributed by atoms with Crippen LogP contribution in [0.3, 0.4) is 0 Å². The number of anilines is 1. The highest BCUT2D eigenvalue weighted by molar-refractivity contribution is 5.89. The van der Waals surface area contributed by atoms with Crippen molar-refractivity contribution >= 4 is 17.5 Å². The number of aromatic nitrogens is 5. The fraction of sp³-hybridized carbons (Fsp3) is 0.389. The molecule has 0 radical (unpaired) electrons. The number of nitrogens with zero attached hydrogens (tertiary/aromatic N) is 5. The van der Waals surface area contributed by atoms with E-state index in [0.717, 1.165) is 65.4 Å². The maximum Gasteiger partial charge on any atom is 0.320 e. The lowest BCUT2D eigenvalue weighted by Gasteiger charge is -2.32. The number of rotatable bonds is 6. The van der Waals surface area contributed by atoms with E-state index in [-0.39, 0.29) is 23.6 Å². The van der Waals surface area contributed by atoms with Crippen molar-refractivity contribution in [2.45, 2.75) is 89.7 Å². The third-order valence-electron chi connectivity index (χ3n) is 9.14. The van der Waals surface area contributed by atoms with Crippen LogP contribution >= 0.6 is 0 Å². The minimum atomic E-state index is -0.264. The molecule has 2 aromatic carbocycles. The zero-order valence-electron chi connectivity index (χ0n) is 26.5. The molecular weight excluding hydrogens is 562 g/mol. The van der Waals surface area contributed by atoms with Crippen LogP contribution in [0.4, 0.5) is 10.6 Å². The maximum atomic E-state index is 13.5. The van der Waals surface area contributed by atoms with E-state index >= 15 is 0 Å². The molecule has 232 valence electrons. The highest BCUT2D eigenvalue weighted by Crippen LogP contribution is 2.39. The van der Waals surface area contributed by atoms with Crippen LogP contribution in [-0.4, -0.2) is 30.4 Å². The second-order valence-corrected chi connectivity index (χ2v) is 13.5. The molecule has 9 heteroatoms. The molecule has 0 saturated heterocycles. The molecule has 3 aromatic heterocycles. The number of hydrogen-bond acceptors (Lipinski definition) is 5. The van der Waals surface area contributed by atoms with E-state index in [0.29, 0.717) is 11.7 Å². The van der Waals surface area contributed by atoms with E-state index in [9.17, 15) is 4.79 Å². The van der Waals surface area contributed by atoms with Gasteiger partial charge in [0, 0.05) is 17.4 Å². The van der Waals surface area contributed by atoms with Crippen LogP contribution in [0.1, 0.15) is 106 Å². The summed E-state index contributed by atoms with van der Waals surface area (Å²) in [5.74, 6) is 2.92. The maximum absolute atomic E-state index is 13.5. The molecular formula is C36H41N7O2. The summed E-state index contributed by atoms with van der Waals surface area (Å²) in [5.41, 5.74) is 5.81. The Hall–Kier alpha value is -4.66. The lowest BCUT2D eigenvalue weighted by Crippen LogP contribution is -2.36. The highest BCUT2D eigenvalue weighted by atomic mass is 16.5. The lowest BCUT2D eigenvalue weighted by molar-refractivity contribution is 0.171. The second kappa shape index (κ2) is 11.7. The first-order valence-corrected chi connectivity index (χ1v) is 16.1. The van der Waals surface area contributed by atoms with Crippen molar-refractivity contribution in [3.63, 3.8) is 0 Å². The number of carbonyl (C=O) groups is 1. The zero-order valence-corrected chi connectivity index (χ0v) is 26.5. The highest BCUT2D eigenvalue weighted by Gasteiger charge is 2.30. The number of aryl methyl sites for hydroxylation is 1. The fourth-order valence-electron chi connectivity index (χ4n) is 6.64. The molecule has 2 aliphatic rings. The topological polar surface area (TPSA) is 98.4 Å². The number of ether oxygens (including phenoxy) is 1. The molecule has 2 N–H and O–H groups in total. The molecule has 0 spiro atoms. The lowest BCUT2D eigenvalue weighted by atomic mass is 9.85. The predicted molar refractivity (Wildman–Crippen MR) is 175 cm³/mol. The minimum absolute atomic E-state index is 0.122. The quantitative estimate of drug-likeness (QED) is 0.205. The molecule has 2 atom stereocenters. The van der Waals surface area contributed by atoms with Crippen LogP contribution in [0, 0.1) is 6.92 Å². The van der Waals surface area contributed by atoms with Crippen LogP contribution in [0.2, 0.25) is 0 Å². The summed E-state index contributed by atoms with van der Waals surface area (Å²) in [4.78, 5) is 13.5. The summed E-state index contributed by atoms with van der Waals surface area (Å²) in [7, 11) is 0. The van der Waals surface area contributed by atoms with Crippen LogP contribution in [-0.2, 0) is 5.41 Å². The second-order valence-electron chi connectivity index (χ2n) is 13.5. The number of urea groups is 1. The summed E-state index contributed by atoms with van der Waals surface area (Å²) in [6.07, 6.45) is 8.25. The van der Waals surface area contributed by atoms with Gasteiger partial charge in [0.2, 0.25) is 0 Å². The molecule has 7 rings (SSSR count). The number of benzene rings is 2. The van der Waals surface area contributed by atoms with E-state index in [2.05, 4.69) is 65.1 Å². The van der Waals surface area contributed by atoms with E-state index in [1.165, 1.54) is 18.4 Å². The third-order valence-corrected chi connectivity index (χ3v) is 9.14. The predicted octanol–water partition coefficient (Wildman–Crippen LogP) is 7.96. The van der Waals surface area contributed by atoms with Crippen molar-refractivity contribution in [3.05, 3.63) is 101 Å². The van der Waals surface area contributed by atoms with Crippen LogP contribution < -0.4 is 15.4 Å². The largest absolute Gasteiger partial charge is 0.484 e. The van der Waals surface area contributed by atoms with E-state index < -0.39 is 0 Å². The van der Waals surface area contributed by atoms with Gasteiger partial charge in [0.15, 0.2) is 5.65 Å². The first-order valence-electron chi connectivity index (χ1n) is 16.1. The van der Waals surface area contributed by atoms with Gasteiger partial charge in [-0.3, -0.25) is 9.72 Å². The van der Waals surface area contributed by atoms with Crippen molar-refractivity contribution < 1.29 is 9.53 Å². The van der Waals surface area contributed by atoms with Crippen molar-refractivity contribution in [2.24, 2.45) is 0 Å². The van der Waals surface area contributed by atoms with Gasteiger partial charge in [0.1, 0.15) is 23.5 Å². The molecule has 2 aliphatic carbocycles. The molecule has 0 unspecified atom stereocenters. The first-order chi connectivity index (χ1) is 21.7. The standard InChI is InChI=1S/C36H41N7O2/c1-23-13-15-25(16-14-23)43-33(21-31(41-43)36(2,3)4)38-35(44)37-29-18-19-30(28-12-8-7-11-27(28)29)45-26-17-20-32-39-40-34(42(32)22-26)24-9-5-6-10-24/h7-8,11-17,20-22,24,29-30H,5-6,9-10,18-19H2,1-4H3,(H2,37,38,44)/t29-,30+/m0/s1. The van der Waals surface area contributed by atoms with Gasteiger partial charge in [-0.05, 0) is 68.0 Å². The Balaban J connectivity index is 1.09. The molecule has 1 saturated carbocycles.